The van der Waals surface area contributed by atoms with Gasteiger partial charge in [-0.25, -0.2) is 59.8 Å². The lowest BCUT2D eigenvalue weighted by molar-refractivity contribution is -0.145. The summed E-state index contributed by atoms with van der Waals surface area (Å²) < 4.78 is 273. The van der Waals surface area contributed by atoms with Crippen LogP contribution in [0.3, 0.4) is 0 Å². The zero-order valence-electron chi connectivity index (χ0n) is 58.9. The van der Waals surface area contributed by atoms with Crippen molar-refractivity contribution >= 4 is 43.6 Å². The van der Waals surface area contributed by atoms with Gasteiger partial charge in [-0.1, -0.05) is 54.6 Å². The molecule has 0 bridgehead atoms. The molecule has 32 heteroatoms. The number of fused-ring (bicyclic) bond motifs is 6. The van der Waals surface area contributed by atoms with Gasteiger partial charge in [0.1, 0.15) is 46.6 Å². The number of rotatable bonds is 11. The van der Waals surface area contributed by atoms with Crippen LogP contribution in [0.2, 0.25) is 0 Å². The van der Waals surface area contributed by atoms with Gasteiger partial charge in [-0.15, -0.1) is 0 Å². The minimum atomic E-state index is -5.52. The van der Waals surface area contributed by atoms with E-state index in [0.717, 1.165) is 6.07 Å². The maximum absolute atomic E-state index is 16.4. The third-order valence-electron chi connectivity index (χ3n) is 18.7. The Morgan fingerprint density at radius 3 is 1.06 bits per heavy atom. The van der Waals surface area contributed by atoms with Gasteiger partial charge in [0.2, 0.25) is 0 Å². The first kappa shape index (κ1) is 74.8. The van der Waals surface area contributed by atoms with Crippen molar-refractivity contribution in [2.75, 3.05) is 0 Å². The van der Waals surface area contributed by atoms with Crippen molar-refractivity contribution in [2.45, 2.75) is 91.9 Å². The maximum atomic E-state index is 16.4. The molecule has 0 aliphatic rings. The Labute approximate surface area is 620 Å². The van der Waals surface area contributed by atoms with Gasteiger partial charge in [-0.2, -0.15) is 79.0 Å². The van der Waals surface area contributed by atoms with E-state index >= 15 is 26.3 Å². The molecule has 15 aromatic rings. The van der Waals surface area contributed by atoms with Crippen LogP contribution in [0.15, 0.2) is 164 Å². The summed E-state index contributed by atoms with van der Waals surface area (Å²) in [5.74, 6) is 1.09. The minimum Gasteiger partial charge on any atom is -0.309 e. The summed E-state index contributed by atoms with van der Waals surface area (Å²) in [6.07, 6.45) is -33.4. The number of hydrogen-bond acceptors (Lipinski definition) is 12. The van der Waals surface area contributed by atoms with Crippen molar-refractivity contribution in [3.05, 3.63) is 249 Å². The maximum Gasteiger partial charge on any atom is 0.417 e. The van der Waals surface area contributed by atoms with E-state index in [9.17, 15) is 52.7 Å². The number of hydrogen-bond donors (Lipinski definition) is 0. The van der Waals surface area contributed by atoms with E-state index in [0.29, 0.717) is 98.1 Å². The quantitative estimate of drug-likeness (QED) is 0.113. The highest BCUT2D eigenvalue weighted by molar-refractivity contribution is 6.13. The minimum absolute atomic E-state index is 0.0405. The molecule has 0 saturated carbocycles. The average Bonchev–Trinajstić information content (AvgIpc) is 1.55. The molecule has 112 heavy (non-hydrogen) atoms. The molecule has 0 atom stereocenters. The largest absolute Gasteiger partial charge is 0.417 e. The molecule has 0 radical (unpaired) electrons. The molecule has 0 amide bonds. The van der Waals surface area contributed by atoms with Gasteiger partial charge >= 0.3 is 37.1 Å². The van der Waals surface area contributed by atoms with Crippen molar-refractivity contribution in [3.63, 3.8) is 0 Å². The van der Waals surface area contributed by atoms with Crippen LogP contribution in [0.1, 0.15) is 85.5 Å². The van der Waals surface area contributed by atoms with Gasteiger partial charge in [-0.05, 0) is 197 Å². The molecule has 0 spiro atoms. The summed E-state index contributed by atoms with van der Waals surface area (Å²) in [7, 11) is 0. The highest BCUT2D eigenvalue weighted by Gasteiger charge is 2.44. The normalized spacial score (nSPS) is 12.7. The third-order valence-corrected chi connectivity index (χ3v) is 18.7. The molecule has 0 saturated heterocycles. The first-order valence-electron chi connectivity index (χ1n) is 33.7. The summed E-state index contributed by atoms with van der Waals surface area (Å²) in [5.41, 5.74) is -11.5. The van der Waals surface area contributed by atoms with Crippen LogP contribution in [0.4, 0.5) is 79.0 Å². The average molecular weight is 1550 g/mol. The number of halogens is 18. The summed E-state index contributed by atoms with van der Waals surface area (Å²) >= 11 is 0. The van der Waals surface area contributed by atoms with Crippen LogP contribution in [0.5, 0.6) is 0 Å². The van der Waals surface area contributed by atoms with Crippen LogP contribution < -0.4 is 0 Å². The number of nitrogens with zero attached hydrogens (tertiary/aromatic N) is 14. The highest BCUT2D eigenvalue weighted by atomic mass is 19.4. The molecular weight excluding hydrogens is 1500 g/mol. The van der Waals surface area contributed by atoms with Crippen molar-refractivity contribution < 1.29 is 79.0 Å². The number of benzene rings is 9. The second-order valence-electron chi connectivity index (χ2n) is 26.5. The van der Waals surface area contributed by atoms with Gasteiger partial charge in [0.25, 0.3) is 0 Å². The van der Waals surface area contributed by atoms with Crippen LogP contribution in [0, 0.1) is 48.5 Å². The summed E-state index contributed by atoms with van der Waals surface area (Å²) in [4.78, 5) is 53.8. The molecule has 0 aliphatic carbocycles. The van der Waals surface area contributed by atoms with Crippen LogP contribution in [-0.2, 0) is 43.5 Å². The van der Waals surface area contributed by atoms with Crippen LogP contribution in [0.25, 0.3) is 134 Å². The second kappa shape index (κ2) is 26.8. The van der Waals surface area contributed by atoms with E-state index in [2.05, 4.69) is 49.8 Å². The Balaban J connectivity index is 0.899. The van der Waals surface area contributed by atoms with E-state index in [1.54, 1.807) is 76.2 Å². The zero-order valence-corrected chi connectivity index (χ0v) is 58.9. The van der Waals surface area contributed by atoms with Gasteiger partial charge in [0, 0.05) is 50.2 Å². The predicted molar refractivity (Wildman–Crippen MR) is 379 cm³/mol. The number of alkyl halides is 18. The fraction of sp³-hybridized carbons (Fsp3) is 0.175. The molecule has 15 rings (SSSR count). The standard InChI is InChI=1S/C80H50F18N14/c1-36-99-37(2)104-71(103-36)46-15-22-65(60(29-46)73-106-38(3)100-39(4)107-73)111-63-11-9-8-10-55(63)58-28-45(14-21-64(58)111)54-19-20-62(79(93,94)95)59(70(54)80(96,97)98)35-69-102-42(7)105-72(110-69)47-16-23-66(61(30-47)74-108-40(5)101-41(6)109-74)112-67-31-43(48-24-50(75(81,82)83)33-51(25-48)76(84,85)86)12-17-56(67)57-18-13-44(32-68(57)112)49-26-52(77(87,88)89)34-53(27-49)78(90,91)92/h8-34H,35H2,1-7H3. The van der Waals surface area contributed by atoms with E-state index < -0.39 is 105 Å². The summed E-state index contributed by atoms with van der Waals surface area (Å²) in [5, 5.41) is 1.27. The lowest BCUT2D eigenvalue weighted by Gasteiger charge is -2.22. The first-order valence-corrected chi connectivity index (χ1v) is 33.7. The van der Waals surface area contributed by atoms with Crippen LogP contribution >= 0.6 is 0 Å². The molecule has 566 valence electrons. The van der Waals surface area contributed by atoms with E-state index in [1.807, 2.05) is 4.57 Å². The van der Waals surface area contributed by atoms with E-state index in [-0.39, 0.29) is 102 Å². The van der Waals surface area contributed by atoms with Crippen molar-refractivity contribution in [2.24, 2.45) is 0 Å². The molecule has 6 heterocycles. The Hall–Kier alpha value is -12.6. The van der Waals surface area contributed by atoms with Crippen molar-refractivity contribution in [1.82, 2.24) is 68.9 Å². The lowest BCUT2D eigenvalue weighted by atomic mass is 9.89. The van der Waals surface area contributed by atoms with E-state index in [1.165, 1.54) is 92.1 Å². The second-order valence-corrected chi connectivity index (χ2v) is 26.5. The molecule has 14 nitrogen and oxygen atoms in total. The Kier molecular flexibility index (Phi) is 17.9. The van der Waals surface area contributed by atoms with Gasteiger partial charge in [0.05, 0.1) is 66.8 Å². The van der Waals surface area contributed by atoms with E-state index in [4.69, 9.17) is 9.97 Å². The molecule has 6 aromatic heterocycles. The van der Waals surface area contributed by atoms with Gasteiger partial charge < -0.3 is 9.13 Å². The Morgan fingerprint density at radius 1 is 0.259 bits per heavy atom. The molecule has 0 aliphatic heterocycles. The molecular formula is C80H50F18N14. The van der Waals surface area contributed by atoms with Crippen molar-refractivity contribution in [3.8, 4) is 90.3 Å². The highest BCUT2D eigenvalue weighted by Crippen LogP contribution is 2.50. The molecule has 0 unspecified atom stereocenters. The van der Waals surface area contributed by atoms with Gasteiger partial charge in [0.15, 0.2) is 23.3 Å². The lowest BCUT2D eigenvalue weighted by Crippen LogP contribution is -2.19. The Bertz CT molecular complexity index is 6130. The topological polar surface area (TPSA) is 165 Å². The predicted octanol–water partition coefficient (Wildman–Crippen LogP) is 22.2. The molecule has 9 aromatic carbocycles. The number of aromatic nitrogens is 14. The van der Waals surface area contributed by atoms with Crippen LogP contribution in [-0.4, -0.2) is 68.9 Å². The SMILES string of the molecule is Cc1nc(C)nc(-c2ccc(-n3c4ccccc4c4cc(-c5ccc(C(F)(F)F)c(Cc6nc(C)nc(-c7ccc(-n8c9cc(-c%10cc(C(F)(F)F)cc(C(F)(F)F)c%10)ccc9c9ccc(-c%10cc(C(F)(F)F)cc(C(F)(F)F)c%10)cc98)c(-c8nc(C)nc(C)n8)c7)n6)c5C(F)(F)F)ccc43)c(-c3nc(C)nc(C)n3)c2)n1. The molecule has 0 N–H and O–H groups in total. The first-order chi connectivity index (χ1) is 52.6. The van der Waals surface area contributed by atoms with Crippen molar-refractivity contribution in [1.29, 1.82) is 0 Å². The fourth-order valence-electron chi connectivity index (χ4n) is 14.2. The summed E-state index contributed by atoms with van der Waals surface area (Å²) in [6.45, 7) is 11.0. The fourth-order valence-corrected chi connectivity index (χ4v) is 14.2. The smallest absolute Gasteiger partial charge is 0.309 e. The number of aryl methyl sites for hydroxylation is 7. The third kappa shape index (κ3) is 14.2. The van der Waals surface area contributed by atoms with Gasteiger partial charge in [-0.3, -0.25) is 0 Å². The zero-order chi connectivity index (χ0) is 80.0. The monoisotopic (exact) mass is 1550 g/mol. The number of para-hydroxylation sites is 1. The summed E-state index contributed by atoms with van der Waals surface area (Å²) in [6, 6.07) is 31.2. The molecule has 0 fully saturated rings. The Morgan fingerprint density at radius 2 is 0.634 bits per heavy atom.